The van der Waals surface area contributed by atoms with Crippen molar-refractivity contribution in [1.82, 2.24) is 10.3 Å². The minimum absolute atomic E-state index is 0.111. The highest BCUT2D eigenvalue weighted by atomic mass is 32.1. The Morgan fingerprint density at radius 1 is 1.17 bits per heavy atom. The van der Waals surface area contributed by atoms with Crippen LogP contribution in [0.15, 0.2) is 29.6 Å². The Hall–Kier alpha value is -2.74. The van der Waals surface area contributed by atoms with Crippen molar-refractivity contribution >= 4 is 29.3 Å². The zero-order chi connectivity index (χ0) is 17.5. The van der Waals surface area contributed by atoms with E-state index in [1.54, 1.807) is 12.3 Å². The van der Waals surface area contributed by atoms with Crippen LogP contribution in [0.1, 0.15) is 23.0 Å². The van der Waals surface area contributed by atoms with Crippen molar-refractivity contribution in [3.63, 3.8) is 0 Å². The Kier molecular flexibility index (Phi) is 6.02. The van der Waals surface area contributed by atoms with Gasteiger partial charge >= 0.3 is 12.1 Å². The number of amides is 2. The number of hydrogen-bond acceptors (Lipinski definition) is 7. The SMILES string of the molecule is CCOC(=O)NC(=O)COC(=O)c1csc(-c2ccc(C)cc2)n1. The average Bonchev–Trinajstić information content (AvgIpc) is 3.03. The predicted octanol–water partition coefficient (Wildman–Crippen LogP) is 2.55. The minimum atomic E-state index is -0.881. The van der Waals surface area contributed by atoms with Gasteiger partial charge in [0.05, 0.1) is 6.61 Å². The molecule has 0 aliphatic carbocycles. The monoisotopic (exact) mass is 348 g/mol. The maximum Gasteiger partial charge on any atom is 0.413 e. The lowest BCUT2D eigenvalue weighted by Gasteiger charge is -2.04. The second kappa shape index (κ2) is 8.21. The number of carbonyl (C=O) groups is 3. The minimum Gasteiger partial charge on any atom is -0.451 e. The molecule has 24 heavy (non-hydrogen) atoms. The van der Waals surface area contributed by atoms with E-state index in [0.29, 0.717) is 5.01 Å². The number of benzene rings is 1. The summed E-state index contributed by atoms with van der Waals surface area (Å²) in [7, 11) is 0. The molecule has 2 amide bonds. The van der Waals surface area contributed by atoms with E-state index >= 15 is 0 Å². The van der Waals surface area contributed by atoms with Crippen LogP contribution < -0.4 is 5.32 Å². The molecule has 2 rings (SSSR count). The van der Waals surface area contributed by atoms with Gasteiger partial charge in [0.1, 0.15) is 5.01 Å². The van der Waals surface area contributed by atoms with E-state index in [1.165, 1.54) is 11.3 Å². The van der Waals surface area contributed by atoms with Crippen LogP contribution in [-0.4, -0.2) is 36.2 Å². The van der Waals surface area contributed by atoms with Gasteiger partial charge in [0.25, 0.3) is 5.91 Å². The van der Waals surface area contributed by atoms with Crippen LogP contribution >= 0.6 is 11.3 Å². The summed E-state index contributed by atoms with van der Waals surface area (Å²) in [6.07, 6.45) is -0.881. The van der Waals surface area contributed by atoms with E-state index < -0.39 is 24.6 Å². The molecular formula is C16H16N2O5S. The van der Waals surface area contributed by atoms with E-state index in [1.807, 2.05) is 36.5 Å². The lowest BCUT2D eigenvalue weighted by Crippen LogP contribution is -2.34. The third kappa shape index (κ3) is 4.88. The first-order chi connectivity index (χ1) is 11.5. The molecule has 0 atom stereocenters. The number of hydrogen-bond donors (Lipinski definition) is 1. The standard InChI is InChI=1S/C16H16N2O5S/c1-3-22-16(21)18-13(19)8-23-15(20)12-9-24-14(17-12)11-6-4-10(2)5-7-11/h4-7,9H,3,8H2,1-2H3,(H,18,19,21). The molecule has 0 aliphatic heterocycles. The average molecular weight is 348 g/mol. The Morgan fingerprint density at radius 2 is 1.88 bits per heavy atom. The van der Waals surface area contributed by atoms with E-state index in [9.17, 15) is 14.4 Å². The van der Waals surface area contributed by atoms with Crippen LogP contribution in [0.4, 0.5) is 4.79 Å². The highest BCUT2D eigenvalue weighted by Gasteiger charge is 2.16. The highest BCUT2D eigenvalue weighted by molar-refractivity contribution is 7.13. The van der Waals surface area contributed by atoms with Gasteiger partial charge in [-0.15, -0.1) is 11.3 Å². The Morgan fingerprint density at radius 3 is 2.54 bits per heavy atom. The van der Waals surface area contributed by atoms with Crippen molar-refractivity contribution in [3.8, 4) is 10.6 Å². The maximum atomic E-state index is 11.9. The van der Waals surface area contributed by atoms with Gasteiger partial charge in [-0.1, -0.05) is 29.8 Å². The van der Waals surface area contributed by atoms with Gasteiger partial charge in [-0.25, -0.2) is 14.6 Å². The fraction of sp³-hybridized carbons (Fsp3) is 0.250. The summed E-state index contributed by atoms with van der Waals surface area (Å²) in [5, 5.41) is 4.16. The van der Waals surface area contributed by atoms with Gasteiger partial charge in [0.15, 0.2) is 12.3 Å². The molecule has 126 valence electrons. The van der Waals surface area contributed by atoms with Gasteiger partial charge in [-0.2, -0.15) is 0 Å². The molecule has 0 saturated heterocycles. The second-order valence-corrected chi connectivity index (χ2v) is 5.61. The molecular weight excluding hydrogens is 332 g/mol. The van der Waals surface area contributed by atoms with Gasteiger partial charge in [0.2, 0.25) is 0 Å². The van der Waals surface area contributed by atoms with Gasteiger partial charge in [-0.05, 0) is 13.8 Å². The smallest absolute Gasteiger partial charge is 0.413 e. The van der Waals surface area contributed by atoms with Crippen LogP contribution in [0.5, 0.6) is 0 Å². The third-order valence-electron chi connectivity index (χ3n) is 2.86. The molecule has 1 aromatic heterocycles. The first-order valence-electron chi connectivity index (χ1n) is 7.16. The Bertz CT molecular complexity index is 739. The number of esters is 1. The second-order valence-electron chi connectivity index (χ2n) is 4.75. The largest absolute Gasteiger partial charge is 0.451 e. The molecule has 0 saturated carbocycles. The number of ether oxygens (including phenoxy) is 2. The molecule has 0 fully saturated rings. The quantitative estimate of drug-likeness (QED) is 0.835. The number of carbonyl (C=O) groups excluding carboxylic acids is 3. The van der Waals surface area contributed by atoms with Gasteiger partial charge in [-0.3, -0.25) is 10.1 Å². The predicted molar refractivity (Wildman–Crippen MR) is 87.7 cm³/mol. The first kappa shape index (κ1) is 17.6. The lowest BCUT2D eigenvalue weighted by atomic mass is 10.2. The zero-order valence-electron chi connectivity index (χ0n) is 13.2. The number of nitrogens with zero attached hydrogens (tertiary/aromatic N) is 1. The van der Waals surface area contributed by atoms with Crippen molar-refractivity contribution in [1.29, 1.82) is 0 Å². The molecule has 0 bridgehead atoms. The summed E-state index contributed by atoms with van der Waals surface area (Å²) in [6.45, 7) is 3.14. The van der Waals surface area contributed by atoms with Crippen LogP contribution in [0.2, 0.25) is 0 Å². The lowest BCUT2D eigenvalue weighted by molar-refractivity contribution is -0.123. The van der Waals surface area contributed by atoms with Crippen molar-refractivity contribution < 1.29 is 23.9 Å². The molecule has 1 aromatic carbocycles. The van der Waals surface area contributed by atoms with Crippen molar-refractivity contribution in [2.45, 2.75) is 13.8 Å². The Labute approximate surface area is 142 Å². The molecule has 0 spiro atoms. The number of imide groups is 1. The Balaban J connectivity index is 1.90. The molecule has 0 unspecified atom stereocenters. The van der Waals surface area contributed by atoms with Gasteiger partial charge < -0.3 is 9.47 Å². The zero-order valence-corrected chi connectivity index (χ0v) is 14.0. The normalized spacial score (nSPS) is 10.1. The van der Waals surface area contributed by atoms with Crippen LogP contribution in [-0.2, 0) is 14.3 Å². The molecule has 8 heteroatoms. The molecule has 2 aromatic rings. The third-order valence-corrected chi connectivity index (χ3v) is 3.75. The maximum absolute atomic E-state index is 11.9. The fourth-order valence-electron chi connectivity index (χ4n) is 1.72. The molecule has 0 aliphatic rings. The number of rotatable bonds is 5. The fourth-order valence-corrected chi connectivity index (χ4v) is 2.51. The summed E-state index contributed by atoms with van der Waals surface area (Å²) in [5.41, 5.74) is 2.13. The van der Waals surface area contributed by atoms with Crippen molar-refractivity contribution in [2.75, 3.05) is 13.2 Å². The molecule has 0 radical (unpaired) electrons. The van der Waals surface area contributed by atoms with Gasteiger partial charge in [0, 0.05) is 10.9 Å². The summed E-state index contributed by atoms with van der Waals surface area (Å²) in [4.78, 5) is 38.5. The van der Waals surface area contributed by atoms with Crippen molar-refractivity contribution in [2.24, 2.45) is 0 Å². The highest BCUT2D eigenvalue weighted by Crippen LogP contribution is 2.24. The van der Waals surface area contributed by atoms with E-state index in [2.05, 4.69) is 9.72 Å². The summed E-state index contributed by atoms with van der Waals surface area (Å²) >= 11 is 1.30. The van der Waals surface area contributed by atoms with E-state index in [-0.39, 0.29) is 12.3 Å². The van der Waals surface area contributed by atoms with E-state index in [4.69, 9.17) is 4.74 Å². The summed E-state index contributed by atoms with van der Waals surface area (Å²) < 4.78 is 9.37. The molecule has 7 nitrogen and oxygen atoms in total. The number of aryl methyl sites for hydroxylation is 1. The number of aromatic nitrogens is 1. The molecule has 1 heterocycles. The van der Waals surface area contributed by atoms with Crippen LogP contribution in [0.25, 0.3) is 10.6 Å². The first-order valence-corrected chi connectivity index (χ1v) is 8.04. The number of alkyl carbamates (subject to hydrolysis) is 1. The van der Waals surface area contributed by atoms with Crippen molar-refractivity contribution in [3.05, 3.63) is 40.9 Å². The molecule has 1 N–H and O–H groups in total. The summed E-state index contributed by atoms with van der Waals surface area (Å²) in [6, 6.07) is 7.73. The number of thiazole rings is 1. The number of nitrogens with one attached hydrogen (secondary N) is 1. The van der Waals surface area contributed by atoms with Crippen LogP contribution in [0.3, 0.4) is 0 Å². The topological polar surface area (TPSA) is 94.6 Å². The van der Waals surface area contributed by atoms with E-state index in [0.717, 1.165) is 11.1 Å². The summed E-state index contributed by atoms with van der Waals surface area (Å²) in [5.74, 6) is -1.50. The van der Waals surface area contributed by atoms with Crippen LogP contribution in [0, 0.1) is 6.92 Å².